The lowest BCUT2D eigenvalue weighted by atomic mass is 9.85. The van der Waals surface area contributed by atoms with Gasteiger partial charge < -0.3 is 14.6 Å². The van der Waals surface area contributed by atoms with E-state index in [-0.39, 0.29) is 17.7 Å². The van der Waals surface area contributed by atoms with Crippen LogP contribution in [0.25, 0.3) is 11.1 Å². The topological polar surface area (TPSA) is 145 Å². The van der Waals surface area contributed by atoms with Gasteiger partial charge in [0, 0.05) is 24.1 Å². The summed E-state index contributed by atoms with van der Waals surface area (Å²) in [6.07, 6.45) is -0.546. The number of ether oxygens (including phenoxy) is 2. The Morgan fingerprint density at radius 1 is 0.776 bits per heavy atom. The van der Waals surface area contributed by atoms with Gasteiger partial charge in [-0.05, 0) is 61.6 Å². The van der Waals surface area contributed by atoms with Gasteiger partial charge in [-0.15, -0.1) is 0 Å². The maximum absolute atomic E-state index is 15.2. The van der Waals surface area contributed by atoms with Crippen molar-refractivity contribution < 1.29 is 33.8 Å². The fourth-order valence-corrected chi connectivity index (χ4v) is 7.93. The molecule has 3 aliphatic rings. The molecule has 4 aromatic rings. The Morgan fingerprint density at radius 2 is 1.29 bits per heavy atom. The lowest BCUT2D eigenvalue weighted by molar-refractivity contribution is -0.569. The predicted octanol–water partition coefficient (Wildman–Crippen LogP) is 6.77. The van der Waals surface area contributed by atoms with Gasteiger partial charge in [0.1, 0.15) is 17.5 Å². The van der Waals surface area contributed by atoms with Gasteiger partial charge in [-0.25, -0.2) is 9.37 Å². The third-order valence-electron chi connectivity index (χ3n) is 9.52. The van der Waals surface area contributed by atoms with Crippen LogP contribution in [0, 0.1) is 20.2 Å². The zero-order chi connectivity index (χ0) is 34.8. The van der Waals surface area contributed by atoms with Crippen molar-refractivity contribution in [1.29, 1.82) is 0 Å². The van der Waals surface area contributed by atoms with Gasteiger partial charge in [0.15, 0.2) is 0 Å². The van der Waals surface area contributed by atoms with Crippen molar-refractivity contribution in [3.05, 3.63) is 151 Å². The number of hydrogen-bond acceptors (Lipinski definition) is 8. The van der Waals surface area contributed by atoms with E-state index in [1.807, 2.05) is 77.4 Å². The summed E-state index contributed by atoms with van der Waals surface area (Å²) in [5, 5.41) is 36.3. The SMILES string of the molecule is CC(C)OC(=O)C1([N+]2=C(c3cc([N+](=O)[O-])cc([N+](=O)[O-])c3)c3ccccc3CC2)/C(=C(/O)OC(C)C)C12c1ccccc1-c1ccccc12. The molecule has 0 amide bonds. The van der Waals surface area contributed by atoms with Crippen LogP contribution in [-0.4, -0.2) is 55.5 Å². The van der Waals surface area contributed by atoms with Gasteiger partial charge in [-0.1, -0.05) is 66.7 Å². The quantitative estimate of drug-likeness (QED) is 0.0716. The first kappa shape index (κ1) is 31.7. The van der Waals surface area contributed by atoms with E-state index in [0.29, 0.717) is 17.7 Å². The van der Waals surface area contributed by atoms with Crippen molar-refractivity contribution in [2.75, 3.05) is 6.54 Å². The molecule has 1 atom stereocenters. The number of benzene rings is 4. The van der Waals surface area contributed by atoms with Gasteiger partial charge in [0.05, 0.1) is 33.7 Å². The molecular formula is C38H34N3O8+. The number of non-ortho nitro benzene ring substituents is 2. The summed E-state index contributed by atoms with van der Waals surface area (Å²) in [5.74, 6) is -1.08. The Balaban J connectivity index is 1.69. The second-order valence-corrected chi connectivity index (χ2v) is 13.0. The molecule has 1 unspecified atom stereocenters. The van der Waals surface area contributed by atoms with Crippen LogP contribution in [0.2, 0.25) is 0 Å². The molecule has 7 rings (SSSR count). The number of nitro benzene ring substituents is 2. The molecule has 1 saturated carbocycles. The van der Waals surface area contributed by atoms with E-state index in [1.165, 1.54) is 12.1 Å². The fourth-order valence-electron chi connectivity index (χ4n) is 7.93. The molecule has 1 N–H and O–H groups in total. The Labute approximate surface area is 282 Å². The summed E-state index contributed by atoms with van der Waals surface area (Å²) in [4.78, 5) is 38.1. The highest BCUT2D eigenvalue weighted by atomic mass is 16.6. The minimum absolute atomic E-state index is 0.176. The molecule has 0 radical (unpaired) electrons. The standard InChI is InChI=1S/C38H33N3O8/c1-22(2)48-35(42)34-37(31-15-9-7-13-29(31)30-14-8-10-16-32(30)37)38(34,36(43)49-23(3)4)39-18-17-24-11-5-6-12-28(24)33(39)25-19-26(40(44)45)21-27(20-25)41(46)47/h5-16,19-23H,17-18H2,1-4H3/p+1/b35-34-. The summed E-state index contributed by atoms with van der Waals surface area (Å²) < 4.78 is 14.0. The number of carbonyl (C=O) groups is 1. The zero-order valence-corrected chi connectivity index (χ0v) is 27.4. The van der Waals surface area contributed by atoms with E-state index >= 15 is 4.79 Å². The Hall–Kier alpha value is -5.84. The number of aliphatic hydroxyl groups is 1. The van der Waals surface area contributed by atoms with E-state index in [2.05, 4.69) is 0 Å². The van der Waals surface area contributed by atoms with Crippen LogP contribution in [0.1, 0.15) is 55.5 Å². The second kappa shape index (κ2) is 11.4. The molecule has 0 bridgehead atoms. The van der Waals surface area contributed by atoms with E-state index in [9.17, 15) is 25.3 Å². The molecular weight excluding hydrogens is 626 g/mol. The van der Waals surface area contributed by atoms with Crippen molar-refractivity contribution in [3.63, 3.8) is 0 Å². The summed E-state index contributed by atoms with van der Waals surface area (Å²) in [6.45, 7) is 7.23. The minimum Gasteiger partial charge on any atom is -0.481 e. The van der Waals surface area contributed by atoms with Crippen molar-refractivity contribution >= 4 is 23.1 Å². The van der Waals surface area contributed by atoms with Crippen LogP contribution in [0.3, 0.4) is 0 Å². The highest BCUT2D eigenvalue weighted by Crippen LogP contribution is 2.75. The number of nitrogens with zero attached hydrogens (tertiary/aromatic N) is 3. The molecule has 1 spiro atoms. The molecule has 248 valence electrons. The molecule has 1 fully saturated rings. The number of carbonyl (C=O) groups excluding carboxylic acids is 1. The fraction of sp³-hybridized carbons (Fsp3) is 0.263. The van der Waals surface area contributed by atoms with Gasteiger partial charge in [-0.3, -0.25) is 20.2 Å². The summed E-state index contributed by atoms with van der Waals surface area (Å²) in [5.41, 5.74) is 1.60. The number of fused-ring (bicyclic) bond motifs is 6. The Bertz CT molecular complexity index is 2070. The normalized spacial score (nSPS) is 19.3. The first-order valence-corrected chi connectivity index (χ1v) is 16.1. The van der Waals surface area contributed by atoms with E-state index in [1.54, 1.807) is 27.7 Å². The molecule has 1 heterocycles. The highest BCUT2D eigenvalue weighted by Gasteiger charge is 2.92. The van der Waals surface area contributed by atoms with Gasteiger partial charge >= 0.3 is 11.5 Å². The van der Waals surface area contributed by atoms with Crippen molar-refractivity contribution in [2.45, 2.75) is 57.3 Å². The number of esters is 1. The van der Waals surface area contributed by atoms with Crippen LogP contribution in [-0.2, 0) is 26.1 Å². The largest absolute Gasteiger partial charge is 0.481 e. The summed E-state index contributed by atoms with van der Waals surface area (Å²) in [7, 11) is 0. The number of nitro groups is 2. The smallest absolute Gasteiger partial charge is 0.385 e. The molecule has 1 aliphatic heterocycles. The third kappa shape index (κ3) is 4.48. The van der Waals surface area contributed by atoms with Crippen molar-refractivity contribution in [3.8, 4) is 11.1 Å². The maximum Gasteiger partial charge on any atom is 0.385 e. The van der Waals surface area contributed by atoms with Crippen LogP contribution in [0.4, 0.5) is 11.4 Å². The summed E-state index contributed by atoms with van der Waals surface area (Å²) >= 11 is 0. The lowest BCUT2D eigenvalue weighted by Crippen LogP contribution is -2.50. The van der Waals surface area contributed by atoms with Crippen LogP contribution >= 0.6 is 0 Å². The van der Waals surface area contributed by atoms with Gasteiger partial charge in [0.2, 0.25) is 5.71 Å². The first-order valence-electron chi connectivity index (χ1n) is 16.1. The molecule has 2 aliphatic carbocycles. The average Bonchev–Trinajstić information content (AvgIpc) is 3.63. The van der Waals surface area contributed by atoms with Crippen molar-refractivity contribution in [1.82, 2.24) is 0 Å². The second-order valence-electron chi connectivity index (χ2n) is 13.0. The monoisotopic (exact) mass is 660 g/mol. The highest BCUT2D eigenvalue weighted by molar-refractivity contribution is 6.14. The van der Waals surface area contributed by atoms with Crippen LogP contribution in [0.15, 0.2) is 103 Å². The number of aliphatic hydroxyl groups excluding tert-OH is 1. The number of hydrogen-bond donors (Lipinski definition) is 1. The zero-order valence-electron chi connectivity index (χ0n) is 27.4. The van der Waals surface area contributed by atoms with E-state index in [4.69, 9.17) is 9.47 Å². The number of rotatable bonds is 8. The molecule has 0 saturated heterocycles. The first-order chi connectivity index (χ1) is 23.4. The van der Waals surface area contributed by atoms with Gasteiger partial charge in [-0.2, -0.15) is 0 Å². The molecule has 4 aromatic carbocycles. The average molecular weight is 661 g/mol. The maximum atomic E-state index is 15.2. The van der Waals surface area contributed by atoms with Crippen molar-refractivity contribution in [2.24, 2.45) is 0 Å². The van der Waals surface area contributed by atoms with Crippen LogP contribution < -0.4 is 0 Å². The summed E-state index contributed by atoms with van der Waals surface area (Å²) in [6, 6.07) is 26.3. The van der Waals surface area contributed by atoms with Gasteiger partial charge in [0.25, 0.3) is 17.3 Å². The lowest BCUT2D eigenvalue weighted by Gasteiger charge is -2.27. The van der Waals surface area contributed by atoms with E-state index < -0.39 is 56.3 Å². The predicted molar refractivity (Wildman–Crippen MR) is 181 cm³/mol. The molecule has 49 heavy (non-hydrogen) atoms. The van der Waals surface area contributed by atoms with E-state index in [0.717, 1.165) is 33.9 Å². The Kier molecular flexibility index (Phi) is 7.38. The molecule has 11 heteroatoms. The minimum atomic E-state index is -1.76. The third-order valence-corrected chi connectivity index (χ3v) is 9.52. The van der Waals surface area contributed by atoms with Crippen LogP contribution in [0.5, 0.6) is 0 Å². The molecule has 0 aromatic heterocycles. The molecule has 11 nitrogen and oxygen atoms in total. The Morgan fingerprint density at radius 3 is 1.82 bits per heavy atom.